The van der Waals surface area contributed by atoms with Gasteiger partial charge in [0.1, 0.15) is 7.85 Å². The van der Waals surface area contributed by atoms with Crippen molar-refractivity contribution >= 4 is 13.8 Å². The van der Waals surface area contributed by atoms with E-state index in [1.165, 1.54) is 6.92 Å². The maximum Gasteiger partial charge on any atom is 0.302 e. The summed E-state index contributed by atoms with van der Waals surface area (Å²) in [5.41, 5.74) is 0. The van der Waals surface area contributed by atoms with Crippen LogP contribution < -0.4 is 0 Å². The summed E-state index contributed by atoms with van der Waals surface area (Å²) in [7, 11) is 1.96. The average Bonchev–Trinajstić information content (AvgIpc) is 1.61. The molecule has 0 aromatic rings. The average molecular weight is 99.9 g/mol. The second-order valence-corrected chi connectivity index (χ2v) is 1.34. The Morgan fingerprint density at radius 2 is 2.43 bits per heavy atom. The Kier molecular flexibility index (Phi) is 3.47. The van der Waals surface area contributed by atoms with Crippen LogP contribution in [-0.2, 0) is 9.53 Å². The molecule has 0 heterocycles. The van der Waals surface area contributed by atoms with Crippen LogP contribution in [0.25, 0.3) is 0 Å². The highest BCUT2D eigenvalue weighted by molar-refractivity contribution is 6.08. The summed E-state index contributed by atoms with van der Waals surface area (Å²) in [6, 6.07) is 0. The van der Waals surface area contributed by atoms with E-state index in [2.05, 4.69) is 4.74 Å². The van der Waals surface area contributed by atoms with Gasteiger partial charge in [0, 0.05) is 6.92 Å². The van der Waals surface area contributed by atoms with Crippen molar-refractivity contribution in [2.24, 2.45) is 0 Å². The van der Waals surface area contributed by atoms with Crippen LogP contribution in [0.15, 0.2) is 0 Å². The number of rotatable bonds is 2. The van der Waals surface area contributed by atoms with Crippen molar-refractivity contribution < 1.29 is 9.53 Å². The second kappa shape index (κ2) is 3.72. The van der Waals surface area contributed by atoms with Crippen LogP contribution in [-0.4, -0.2) is 20.4 Å². The fourth-order valence-electron chi connectivity index (χ4n) is 0.246. The van der Waals surface area contributed by atoms with Crippen LogP contribution in [0, 0.1) is 0 Å². The summed E-state index contributed by atoms with van der Waals surface area (Å²) in [6.07, 6.45) is 0.902. The van der Waals surface area contributed by atoms with Crippen LogP contribution in [0.2, 0.25) is 6.32 Å². The smallest absolute Gasteiger partial charge is 0.302 e. The Bertz CT molecular complexity index is 62.7. The molecule has 0 unspecified atom stereocenters. The molecule has 0 amide bonds. The molecule has 2 nitrogen and oxygen atoms in total. The van der Waals surface area contributed by atoms with Gasteiger partial charge in [-0.2, -0.15) is 0 Å². The Morgan fingerprint density at radius 3 is 2.57 bits per heavy atom. The first-order chi connectivity index (χ1) is 3.27. The summed E-state index contributed by atoms with van der Waals surface area (Å²) in [5.74, 6) is -0.193. The molecule has 0 N–H and O–H groups in total. The Hall–Kier alpha value is -0.465. The Labute approximate surface area is 44.3 Å². The predicted molar refractivity (Wildman–Crippen MR) is 30.0 cm³/mol. The maximum atomic E-state index is 9.98. The van der Waals surface area contributed by atoms with Crippen molar-refractivity contribution in [1.82, 2.24) is 0 Å². The van der Waals surface area contributed by atoms with E-state index in [-0.39, 0.29) is 5.97 Å². The molecular formula is C4H9BO2. The topological polar surface area (TPSA) is 26.3 Å². The van der Waals surface area contributed by atoms with Crippen LogP contribution in [0.4, 0.5) is 0 Å². The third-order valence-corrected chi connectivity index (χ3v) is 0.509. The number of carbonyl (C=O) groups excluding carboxylic acids is 1. The van der Waals surface area contributed by atoms with Crippen molar-refractivity contribution in [3.05, 3.63) is 0 Å². The van der Waals surface area contributed by atoms with Crippen molar-refractivity contribution in [3.63, 3.8) is 0 Å². The minimum absolute atomic E-state index is 0.193. The highest BCUT2D eigenvalue weighted by Gasteiger charge is 1.85. The van der Waals surface area contributed by atoms with Crippen molar-refractivity contribution in [1.29, 1.82) is 0 Å². The molecular weight excluding hydrogens is 90.9 g/mol. The largest absolute Gasteiger partial charge is 0.467 e. The zero-order valence-corrected chi connectivity index (χ0v) is 4.73. The predicted octanol–water partition coefficient (Wildman–Crippen LogP) is -0.399. The number of carbonyl (C=O) groups is 1. The number of hydrogen-bond acceptors (Lipinski definition) is 2. The van der Waals surface area contributed by atoms with E-state index in [0.717, 1.165) is 6.32 Å². The van der Waals surface area contributed by atoms with E-state index in [9.17, 15) is 4.79 Å². The number of ether oxygens (including phenoxy) is 1. The third kappa shape index (κ3) is 5.53. The van der Waals surface area contributed by atoms with Crippen molar-refractivity contribution in [3.8, 4) is 0 Å². The molecule has 0 aliphatic carbocycles. The minimum Gasteiger partial charge on any atom is -0.467 e. The van der Waals surface area contributed by atoms with Crippen molar-refractivity contribution in [2.75, 3.05) is 6.61 Å². The quantitative estimate of drug-likeness (QED) is 0.348. The Balaban J connectivity index is 2.82. The summed E-state index contributed by atoms with van der Waals surface area (Å²) in [5, 5.41) is 0. The van der Waals surface area contributed by atoms with E-state index >= 15 is 0 Å². The molecule has 0 aromatic carbocycles. The molecule has 0 aliphatic rings. The highest BCUT2D eigenvalue weighted by atomic mass is 16.5. The fraction of sp³-hybridized carbons (Fsp3) is 0.750. The van der Waals surface area contributed by atoms with Gasteiger partial charge in [0.25, 0.3) is 0 Å². The molecule has 0 bridgehead atoms. The van der Waals surface area contributed by atoms with Crippen LogP contribution >= 0.6 is 0 Å². The van der Waals surface area contributed by atoms with Crippen LogP contribution in [0.3, 0.4) is 0 Å². The summed E-state index contributed by atoms with van der Waals surface area (Å²) in [6.45, 7) is 1.96. The van der Waals surface area contributed by atoms with Gasteiger partial charge in [0.05, 0.1) is 6.61 Å². The fourth-order valence-corrected chi connectivity index (χ4v) is 0.246. The lowest BCUT2D eigenvalue weighted by molar-refractivity contribution is -0.140. The third-order valence-electron chi connectivity index (χ3n) is 0.509. The maximum absolute atomic E-state index is 9.98. The van der Waals surface area contributed by atoms with Crippen LogP contribution in [0.1, 0.15) is 6.92 Å². The highest BCUT2D eigenvalue weighted by Crippen LogP contribution is 1.76. The first kappa shape index (κ1) is 6.53. The molecule has 0 saturated heterocycles. The van der Waals surface area contributed by atoms with E-state index in [0.29, 0.717) is 6.61 Å². The molecule has 0 radical (unpaired) electrons. The van der Waals surface area contributed by atoms with Gasteiger partial charge in [-0.15, -0.1) is 0 Å². The summed E-state index contributed by atoms with van der Waals surface area (Å²) < 4.78 is 4.55. The van der Waals surface area contributed by atoms with Gasteiger partial charge in [-0.3, -0.25) is 4.79 Å². The molecule has 7 heavy (non-hydrogen) atoms. The molecule has 0 fully saturated rings. The molecule has 0 aromatic heterocycles. The lowest BCUT2D eigenvalue weighted by Gasteiger charge is -1.93. The zero-order chi connectivity index (χ0) is 5.70. The second-order valence-electron chi connectivity index (χ2n) is 1.34. The number of esters is 1. The standard InChI is InChI=1S/C4H9BO2/c1-4(6)7-3-2-5/h2-3,5H2,1H3. The van der Waals surface area contributed by atoms with E-state index < -0.39 is 0 Å². The van der Waals surface area contributed by atoms with Gasteiger partial charge < -0.3 is 4.74 Å². The van der Waals surface area contributed by atoms with Gasteiger partial charge in [-0.25, -0.2) is 0 Å². The lowest BCUT2D eigenvalue weighted by Crippen LogP contribution is -1.98. The van der Waals surface area contributed by atoms with Gasteiger partial charge in [0.15, 0.2) is 0 Å². The van der Waals surface area contributed by atoms with Gasteiger partial charge >= 0.3 is 5.97 Å². The van der Waals surface area contributed by atoms with Gasteiger partial charge in [0.2, 0.25) is 0 Å². The molecule has 0 atom stereocenters. The monoisotopic (exact) mass is 100 g/mol. The molecule has 0 aliphatic heterocycles. The molecule has 40 valence electrons. The number of hydrogen-bond donors (Lipinski definition) is 0. The van der Waals surface area contributed by atoms with E-state index in [4.69, 9.17) is 0 Å². The first-order valence-electron chi connectivity index (χ1n) is 2.40. The van der Waals surface area contributed by atoms with E-state index in [1.54, 1.807) is 0 Å². The summed E-state index contributed by atoms with van der Waals surface area (Å²) in [4.78, 5) is 9.98. The molecule has 3 heteroatoms. The minimum atomic E-state index is -0.193. The SMILES string of the molecule is BCCOC(C)=O. The Morgan fingerprint density at radius 1 is 1.86 bits per heavy atom. The summed E-state index contributed by atoms with van der Waals surface area (Å²) >= 11 is 0. The molecule has 0 spiro atoms. The first-order valence-corrected chi connectivity index (χ1v) is 2.40. The van der Waals surface area contributed by atoms with Gasteiger partial charge in [-0.05, 0) is 6.32 Å². The molecule has 0 rings (SSSR count). The van der Waals surface area contributed by atoms with Crippen LogP contribution in [0.5, 0.6) is 0 Å². The lowest BCUT2D eigenvalue weighted by atomic mass is 10.1. The zero-order valence-electron chi connectivity index (χ0n) is 4.73. The van der Waals surface area contributed by atoms with E-state index in [1.807, 2.05) is 7.85 Å². The van der Waals surface area contributed by atoms with Crippen molar-refractivity contribution in [2.45, 2.75) is 13.2 Å². The molecule has 0 saturated carbocycles. The van der Waals surface area contributed by atoms with Gasteiger partial charge in [-0.1, -0.05) is 0 Å². The normalized spacial score (nSPS) is 8.14.